The first kappa shape index (κ1) is 19.4. The normalized spacial score (nSPS) is 16.2. The molecule has 3 heteroatoms. The van der Waals surface area contributed by atoms with Crippen LogP contribution in [0.5, 0.6) is 0 Å². The molecule has 1 heterocycles. The lowest BCUT2D eigenvalue weighted by molar-refractivity contribution is -0.123. The molecule has 3 aromatic rings. The van der Waals surface area contributed by atoms with Gasteiger partial charge in [-0.2, -0.15) is 0 Å². The minimum atomic E-state index is 0.0886. The van der Waals surface area contributed by atoms with Crippen molar-refractivity contribution in [2.24, 2.45) is 0 Å². The van der Waals surface area contributed by atoms with Gasteiger partial charge in [-0.05, 0) is 47.6 Å². The predicted molar refractivity (Wildman–Crippen MR) is 118 cm³/mol. The minimum Gasteiger partial charge on any atom is -0.351 e. The topological polar surface area (TPSA) is 32.3 Å². The second kappa shape index (κ2) is 9.06. The van der Waals surface area contributed by atoms with Gasteiger partial charge < -0.3 is 5.32 Å². The molecule has 1 N–H and O–H groups in total. The standard InChI is InChI=1S/C26H28N2O/c1-20-9-5-6-13-23(20)18-27-26(29)19-28-16-15-22-12-7-8-14-24(22)25(28)17-21-10-3-2-4-11-21/h2-14,25H,15-19H2,1H3,(H,27,29). The van der Waals surface area contributed by atoms with Crippen LogP contribution in [0.3, 0.4) is 0 Å². The van der Waals surface area contributed by atoms with Crippen molar-refractivity contribution >= 4 is 5.91 Å². The molecular weight excluding hydrogens is 356 g/mol. The van der Waals surface area contributed by atoms with Gasteiger partial charge in [0.15, 0.2) is 0 Å². The number of hydrogen-bond acceptors (Lipinski definition) is 2. The summed E-state index contributed by atoms with van der Waals surface area (Å²) < 4.78 is 0. The van der Waals surface area contributed by atoms with Gasteiger partial charge >= 0.3 is 0 Å². The third-order valence-electron chi connectivity index (χ3n) is 5.88. The smallest absolute Gasteiger partial charge is 0.234 e. The Kier molecular flexibility index (Phi) is 6.06. The van der Waals surface area contributed by atoms with Gasteiger partial charge in [0.2, 0.25) is 5.91 Å². The average molecular weight is 385 g/mol. The summed E-state index contributed by atoms with van der Waals surface area (Å²) in [5, 5.41) is 3.11. The molecule has 1 atom stereocenters. The Balaban J connectivity index is 1.47. The van der Waals surface area contributed by atoms with Crippen molar-refractivity contribution in [1.29, 1.82) is 0 Å². The Hall–Kier alpha value is -2.91. The first-order valence-corrected chi connectivity index (χ1v) is 10.4. The molecule has 4 rings (SSSR count). The maximum atomic E-state index is 12.8. The molecule has 0 bridgehead atoms. The van der Waals surface area contributed by atoms with Crippen LogP contribution in [0.1, 0.15) is 33.9 Å². The molecule has 1 unspecified atom stereocenters. The molecule has 0 aromatic heterocycles. The molecule has 148 valence electrons. The Morgan fingerprint density at radius 1 is 0.966 bits per heavy atom. The second-order valence-corrected chi connectivity index (χ2v) is 7.83. The highest BCUT2D eigenvalue weighted by atomic mass is 16.2. The molecule has 0 spiro atoms. The highest BCUT2D eigenvalue weighted by Crippen LogP contribution is 2.32. The average Bonchev–Trinajstić information content (AvgIpc) is 2.75. The zero-order chi connectivity index (χ0) is 20.1. The zero-order valence-electron chi connectivity index (χ0n) is 17.0. The van der Waals surface area contributed by atoms with Gasteiger partial charge in [0, 0.05) is 19.1 Å². The fourth-order valence-electron chi connectivity index (χ4n) is 4.21. The van der Waals surface area contributed by atoms with Crippen LogP contribution in [-0.2, 0) is 24.2 Å². The van der Waals surface area contributed by atoms with E-state index in [1.807, 2.05) is 12.1 Å². The first-order valence-electron chi connectivity index (χ1n) is 10.4. The SMILES string of the molecule is Cc1ccccc1CNC(=O)CN1CCc2ccccc2C1Cc1ccccc1. The Morgan fingerprint density at radius 2 is 1.69 bits per heavy atom. The lowest BCUT2D eigenvalue weighted by Crippen LogP contribution is -2.43. The quantitative estimate of drug-likeness (QED) is 0.681. The molecule has 3 nitrogen and oxygen atoms in total. The minimum absolute atomic E-state index is 0.0886. The zero-order valence-corrected chi connectivity index (χ0v) is 17.0. The molecule has 1 amide bonds. The lowest BCUT2D eigenvalue weighted by atomic mass is 9.88. The summed E-state index contributed by atoms with van der Waals surface area (Å²) in [7, 11) is 0. The number of hydrogen-bond donors (Lipinski definition) is 1. The number of fused-ring (bicyclic) bond motifs is 1. The number of benzene rings is 3. The molecular formula is C26H28N2O. The van der Waals surface area contributed by atoms with E-state index in [0.717, 1.165) is 19.4 Å². The molecule has 1 aliphatic heterocycles. The van der Waals surface area contributed by atoms with E-state index in [1.54, 1.807) is 0 Å². The number of nitrogens with zero attached hydrogens (tertiary/aromatic N) is 1. The summed E-state index contributed by atoms with van der Waals surface area (Å²) in [5.74, 6) is 0.0886. The van der Waals surface area contributed by atoms with Gasteiger partial charge in [-0.15, -0.1) is 0 Å². The summed E-state index contributed by atoms with van der Waals surface area (Å²) in [4.78, 5) is 15.1. The van der Waals surface area contributed by atoms with Gasteiger partial charge in [-0.25, -0.2) is 0 Å². The first-order chi connectivity index (χ1) is 14.2. The third-order valence-corrected chi connectivity index (χ3v) is 5.88. The number of carbonyl (C=O) groups excluding carboxylic acids is 1. The number of aryl methyl sites for hydroxylation is 1. The molecule has 3 aromatic carbocycles. The summed E-state index contributed by atoms with van der Waals surface area (Å²) in [6.45, 7) is 4.00. The van der Waals surface area contributed by atoms with Crippen molar-refractivity contribution in [3.63, 3.8) is 0 Å². The molecule has 29 heavy (non-hydrogen) atoms. The van der Waals surface area contributed by atoms with Crippen LogP contribution in [0.2, 0.25) is 0 Å². The number of rotatable bonds is 6. The largest absolute Gasteiger partial charge is 0.351 e. The van der Waals surface area contributed by atoms with Crippen LogP contribution in [0.15, 0.2) is 78.9 Å². The monoisotopic (exact) mass is 384 g/mol. The van der Waals surface area contributed by atoms with Crippen LogP contribution in [-0.4, -0.2) is 23.9 Å². The summed E-state index contributed by atoms with van der Waals surface area (Å²) in [6, 6.07) is 27.7. The molecule has 0 aliphatic carbocycles. The van der Waals surface area contributed by atoms with Crippen molar-refractivity contribution in [3.8, 4) is 0 Å². The maximum absolute atomic E-state index is 12.8. The van der Waals surface area contributed by atoms with Crippen LogP contribution in [0.4, 0.5) is 0 Å². The number of nitrogens with one attached hydrogen (secondary N) is 1. The van der Waals surface area contributed by atoms with E-state index in [2.05, 4.69) is 83.9 Å². The summed E-state index contributed by atoms with van der Waals surface area (Å²) in [6.07, 6.45) is 1.91. The molecule has 0 saturated carbocycles. The van der Waals surface area contributed by atoms with Crippen molar-refractivity contribution in [2.45, 2.75) is 32.4 Å². The second-order valence-electron chi connectivity index (χ2n) is 7.83. The Morgan fingerprint density at radius 3 is 2.52 bits per heavy atom. The molecule has 0 fully saturated rings. The van der Waals surface area contributed by atoms with Gasteiger partial charge in [0.1, 0.15) is 0 Å². The van der Waals surface area contributed by atoms with E-state index >= 15 is 0 Å². The Labute approximate surface area is 173 Å². The van der Waals surface area contributed by atoms with Gasteiger partial charge in [0.05, 0.1) is 6.54 Å². The third kappa shape index (κ3) is 4.75. The van der Waals surface area contributed by atoms with Crippen LogP contribution in [0, 0.1) is 6.92 Å². The van der Waals surface area contributed by atoms with Crippen molar-refractivity contribution < 1.29 is 4.79 Å². The van der Waals surface area contributed by atoms with Crippen molar-refractivity contribution in [1.82, 2.24) is 10.2 Å². The summed E-state index contributed by atoms with van der Waals surface area (Å²) >= 11 is 0. The van der Waals surface area contributed by atoms with E-state index in [9.17, 15) is 4.79 Å². The van der Waals surface area contributed by atoms with Crippen molar-refractivity contribution in [3.05, 3.63) is 107 Å². The van der Waals surface area contributed by atoms with Gasteiger partial charge in [-0.3, -0.25) is 9.69 Å². The van der Waals surface area contributed by atoms with Crippen LogP contribution >= 0.6 is 0 Å². The molecule has 0 saturated heterocycles. The molecule has 0 radical (unpaired) electrons. The Bertz CT molecular complexity index is 967. The van der Waals surface area contributed by atoms with E-state index in [-0.39, 0.29) is 11.9 Å². The lowest BCUT2D eigenvalue weighted by Gasteiger charge is -2.37. The van der Waals surface area contributed by atoms with Gasteiger partial charge in [0.25, 0.3) is 0 Å². The highest BCUT2D eigenvalue weighted by molar-refractivity contribution is 5.78. The van der Waals surface area contributed by atoms with E-state index in [0.29, 0.717) is 13.1 Å². The van der Waals surface area contributed by atoms with Gasteiger partial charge in [-0.1, -0.05) is 78.9 Å². The van der Waals surface area contributed by atoms with E-state index < -0.39 is 0 Å². The highest BCUT2D eigenvalue weighted by Gasteiger charge is 2.28. The number of carbonyl (C=O) groups is 1. The van der Waals surface area contributed by atoms with Crippen molar-refractivity contribution in [2.75, 3.05) is 13.1 Å². The van der Waals surface area contributed by atoms with E-state index in [1.165, 1.54) is 27.8 Å². The maximum Gasteiger partial charge on any atom is 0.234 e. The number of amides is 1. The van der Waals surface area contributed by atoms with E-state index in [4.69, 9.17) is 0 Å². The summed E-state index contributed by atoms with van der Waals surface area (Å²) in [5.41, 5.74) is 6.45. The predicted octanol–water partition coefficient (Wildman–Crippen LogP) is 4.45. The van der Waals surface area contributed by atoms with Crippen LogP contribution < -0.4 is 5.32 Å². The molecule has 1 aliphatic rings. The fraction of sp³-hybridized carbons (Fsp3) is 0.269. The van der Waals surface area contributed by atoms with Crippen LogP contribution in [0.25, 0.3) is 0 Å². The fourth-order valence-corrected chi connectivity index (χ4v) is 4.21.